The van der Waals surface area contributed by atoms with Gasteiger partial charge in [0.1, 0.15) is 0 Å². The summed E-state index contributed by atoms with van der Waals surface area (Å²) in [6.45, 7) is 7.90. The third-order valence-electron chi connectivity index (χ3n) is 4.63. The first-order valence-electron chi connectivity index (χ1n) is 8.96. The summed E-state index contributed by atoms with van der Waals surface area (Å²) in [6, 6.07) is 4.07. The number of likely N-dealkylation sites (tertiary alicyclic amines) is 1. The van der Waals surface area contributed by atoms with Crippen LogP contribution in [0.3, 0.4) is 0 Å². The maximum atomic E-state index is 12.2. The number of rotatable bonds is 2. The van der Waals surface area contributed by atoms with Crippen molar-refractivity contribution in [3.63, 3.8) is 0 Å². The molecular weight excluding hydrogens is 356 g/mol. The molecule has 2 N–H and O–H groups in total. The van der Waals surface area contributed by atoms with E-state index in [1.807, 2.05) is 4.90 Å². The molecule has 2 aliphatic rings. The lowest BCUT2D eigenvalue weighted by Crippen LogP contribution is -2.53. The standard InChI is InChI=1S/C16H24N2O3.C2H2O4/c1-12-10-18(11-13(2)21-12)14-5-7-17(8-6-14)16(19)15-4-3-9-20-15;3-1(4)2(5)6/h3-4,9,12-14H,5-8,10-11H2,1-2H3;(H,3,4)(H,5,6). The number of hydrogen-bond acceptors (Lipinski definition) is 6. The number of carboxylic acid groups (broad SMARTS) is 2. The van der Waals surface area contributed by atoms with Crippen LogP contribution in [0.5, 0.6) is 0 Å². The molecule has 150 valence electrons. The zero-order valence-corrected chi connectivity index (χ0v) is 15.5. The maximum Gasteiger partial charge on any atom is 0.414 e. The third-order valence-corrected chi connectivity index (χ3v) is 4.63. The average molecular weight is 382 g/mol. The maximum absolute atomic E-state index is 12.2. The van der Waals surface area contributed by atoms with Gasteiger partial charge in [-0.25, -0.2) is 9.59 Å². The molecule has 2 fully saturated rings. The molecule has 0 spiro atoms. The first-order chi connectivity index (χ1) is 12.8. The van der Waals surface area contributed by atoms with Crippen molar-refractivity contribution in [1.82, 2.24) is 9.80 Å². The summed E-state index contributed by atoms with van der Waals surface area (Å²) in [7, 11) is 0. The van der Waals surface area contributed by atoms with Gasteiger partial charge in [0.2, 0.25) is 0 Å². The average Bonchev–Trinajstić information content (AvgIpc) is 3.15. The van der Waals surface area contributed by atoms with E-state index in [1.54, 1.807) is 18.4 Å². The molecule has 1 amide bonds. The van der Waals surface area contributed by atoms with E-state index in [0.717, 1.165) is 39.0 Å². The Morgan fingerprint density at radius 1 is 1.04 bits per heavy atom. The monoisotopic (exact) mass is 382 g/mol. The van der Waals surface area contributed by atoms with Crippen LogP contribution in [-0.2, 0) is 14.3 Å². The largest absolute Gasteiger partial charge is 0.473 e. The Labute approximate surface area is 157 Å². The fourth-order valence-electron chi connectivity index (χ4n) is 3.51. The number of piperidine rings is 1. The van der Waals surface area contributed by atoms with Gasteiger partial charge in [-0.15, -0.1) is 0 Å². The number of carboxylic acids is 2. The molecule has 2 unspecified atom stereocenters. The molecule has 0 aromatic carbocycles. The summed E-state index contributed by atoms with van der Waals surface area (Å²) in [6.07, 6.45) is 4.22. The van der Waals surface area contributed by atoms with E-state index in [9.17, 15) is 4.79 Å². The number of nitrogens with zero attached hydrogens (tertiary/aromatic N) is 2. The Balaban J connectivity index is 0.000000380. The number of hydrogen-bond donors (Lipinski definition) is 2. The summed E-state index contributed by atoms with van der Waals surface area (Å²) in [5.41, 5.74) is 0. The summed E-state index contributed by atoms with van der Waals surface area (Å²) in [4.78, 5) is 34.9. The fraction of sp³-hybridized carbons (Fsp3) is 0.611. The molecule has 0 bridgehead atoms. The topological polar surface area (TPSA) is 121 Å². The van der Waals surface area contributed by atoms with E-state index >= 15 is 0 Å². The lowest BCUT2D eigenvalue weighted by molar-refractivity contribution is -0.159. The number of aliphatic carboxylic acids is 2. The van der Waals surface area contributed by atoms with E-state index in [-0.39, 0.29) is 5.91 Å². The predicted octanol–water partition coefficient (Wildman–Crippen LogP) is 1.15. The summed E-state index contributed by atoms with van der Waals surface area (Å²) in [5.74, 6) is -3.19. The lowest BCUT2D eigenvalue weighted by atomic mass is 10.0. The quantitative estimate of drug-likeness (QED) is 0.731. The molecule has 3 heterocycles. The van der Waals surface area contributed by atoms with Crippen LogP contribution in [0.15, 0.2) is 22.8 Å². The van der Waals surface area contributed by atoms with Crippen molar-refractivity contribution in [2.75, 3.05) is 26.2 Å². The molecular formula is C18H26N2O7. The molecule has 0 saturated carbocycles. The van der Waals surface area contributed by atoms with Crippen LogP contribution in [0, 0.1) is 0 Å². The normalized spacial score (nSPS) is 24.0. The number of ether oxygens (including phenoxy) is 1. The highest BCUT2D eigenvalue weighted by molar-refractivity contribution is 6.27. The molecule has 3 rings (SSSR count). The molecule has 1 aromatic heterocycles. The summed E-state index contributed by atoms with van der Waals surface area (Å²) >= 11 is 0. The van der Waals surface area contributed by atoms with Crippen LogP contribution in [0.4, 0.5) is 0 Å². The predicted molar refractivity (Wildman–Crippen MR) is 94.5 cm³/mol. The van der Waals surface area contributed by atoms with Crippen molar-refractivity contribution in [2.24, 2.45) is 0 Å². The van der Waals surface area contributed by atoms with Crippen molar-refractivity contribution in [3.05, 3.63) is 24.2 Å². The number of furan rings is 1. The van der Waals surface area contributed by atoms with Gasteiger partial charge in [0.15, 0.2) is 5.76 Å². The zero-order valence-electron chi connectivity index (χ0n) is 15.5. The molecule has 2 saturated heterocycles. The lowest BCUT2D eigenvalue weighted by Gasteiger charge is -2.43. The first-order valence-corrected chi connectivity index (χ1v) is 8.96. The second-order valence-electron chi connectivity index (χ2n) is 6.82. The Hall–Kier alpha value is -2.39. The molecule has 0 radical (unpaired) electrons. The molecule has 9 nitrogen and oxygen atoms in total. The van der Waals surface area contributed by atoms with Gasteiger partial charge in [-0.1, -0.05) is 0 Å². The van der Waals surface area contributed by atoms with Crippen LogP contribution >= 0.6 is 0 Å². The van der Waals surface area contributed by atoms with E-state index in [0.29, 0.717) is 24.0 Å². The van der Waals surface area contributed by atoms with Crippen molar-refractivity contribution in [1.29, 1.82) is 0 Å². The number of carbonyl (C=O) groups is 3. The third kappa shape index (κ3) is 6.07. The van der Waals surface area contributed by atoms with Gasteiger partial charge in [0, 0.05) is 32.2 Å². The van der Waals surface area contributed by atoms with Crippen LogP contribution in [-0.4, -0.2) is 82.3 Å². The van der Waals surface area contributed by atoms with Crippen LogP contribution in [0.1, 0.15) is 37.2 Å². The van der Waals surface area contributed by atoms with Crippen molar-refractivity contribution in [2.45, 2.75) is 44.9 Å². The smallest absolute Gasteiger partial charge is 0.414 e. The van der Waals surface area contributed by atoms with Crippen LogP contribution in [0.25, 0.3) is 0 Å². The minimum absolute atomic E-state index is 0.0159. The van der Waals surface area contributed by atoms with E-state index in [2.05, 4.69) is 18.7 Å². The molecule has 9 heteroatoms. The first kappa shape index (κ1) is 20.9. The van der Waals surface area contributed by atoms with Gasteiger partial charge < -0.3 is 24.3 Å². The van der Waals surface area contributed by atoms with Gasteiger partial charge in [-0.2, -0.15) is 0 Å². The van der Waals surface area contributed by atoms with Gasteiger partial charge in [0.25, 0.3) is 5.91 Å². The number of carbonyl (C=O) groups excluding carboxylic acids is 1. The van der Waals surface area contributed by atoms with E-state index in [1.165, 1.54) is 0 Å². The van der Waals surface area contributed by atoms with Crippen LogP contribution in [0.2, 0.25) is 0 Å². The minimum Gasteiger partial charge on any atom is -0.473 e. The fourth-order valence-corrected chi connectivity index (χ4v) is 3.51. The van der Waals surface area contributed by atoms with Gasteiger partial charge in [-0.05, 0) is 38.8 Å². The Morgan fingerprint density at radius 3 is 2.04 bits per heavy atom. The summed E-state index contributed by atoms with van der Waals surface area (Å²) < 4.78 is 11.0. The van der Waals surface area contributed by atoms with Crippen molar-refractivity contribution >= 4 is 17.8 Å². The van der Waals surface area contributed by atoms with Gasteiger partial charge >= 0.3 is 11.9 Å². The Bertz CT molecular complexity index is 616. The molecule has 2 atom stereocenters. The zero-order chi connectivity index (χ0) is 20.0. The summed E-state index contributed by atoms with van der Waals surface area (Å²) in [5, 5.41) is 14.8. The van der Waals surface area contributed by atoms with Gasteiger partial charge in [-0.3, -0.25) is 9.69 Å². The van der Waals surface area contributed by atoms with E-state index in [4.69, 9.17) is 29.0 Å². The van der Waals surface area contributed by atoms with E-state index < -0.39 is 11.9 Å². The molecule has 0 aliphatic carbocycles. The van der Waals surface area contributed by atoms with Crippen LogP contribution < -0.4 is 0 Å². The van der Waals surface area contributed by atoms with Gasteiger partial charge in [0.05, 0.1) is 18.5 Å². The minimum atomic E-state index is -1.82. The molecule has 2 aliphatic heterocycles. The second kappa shape index (κ2) is 9.52. The molecule has 27 heavy (non-hydrogen) atoms. The second-order valence-corrected chi connectivity index (χ2v) is 6.82. The van der Waals surface area contributed by atoms with Crippen molar-refractivity contribution < 1.29 is 33.8 Å². The highest BCUT2D eigenvalue weighted by atomic mass is 16.5. The number of amides is 1. The number of morpholine rings is 1. The molecule has 1 aromatic rings. The highest BCUT2D eigenvalue weighted by Crippen LogP contribution is 2.22. The van der Waals surface area contributed by atoms with Crippen molar-refractivity contribution in [3.8, 4) is 0 Å². The highest BCUT2D eigenvalue weighted by Gasteiger charge is 2.32. The Kier molecular flexibility index (Phi) is 7.37. The Morgan fingerprint density at radius 2 is 1.59 bits per heavy atom. The SMILES string of the molecule is CC1CN(C2CCN(C(=O)c3ccco3)CC2)CC(C)O1.O=C(O)C(=O)O.